The van der Waals surface area contributed by atoms with Crippen molar-refractivity contribution in [3.63, 3.8) is 0 Å². The second-order valence-corrected chi connectivity index (χ2v) is 3.20. The van der Waals surface area contributed by atoms with Crippen LogP contribution >= 0.6 is 0 Å². The smallest absolute Gasteiger partial charge is 0.229 e. The zero-order chi connectivity index (χ0) is 12.1. The van der Waals surface area contributed by atoms with Gasteiger partial charge >= 0.3 is 0 Å². The number of halogens is 1. The Morgan fingerprint density at radius 3 is 2.69 bits per heavy atom. The molecule has 82 valence electrons. The molecule has 1 aromatic rings. The third kappa shape index (κ3) is 3.21. The highest BCUT2D eigenvalue weighted by atomic mass is 19.1. The SMILES string of the molecule is CC(=O)c1cc(C#CCC(N)=O)ccc1F. The Morgan fingerprint density at radius 1 is 1.44 bits per heavy atom. The molecule has 0 atom stereocenters. The summed E-state index contributed by atoms with van der Waals surface area (Å²) < 4.78 is 13.1. The van der Waals surface area contributed by atoms with Crippen molar-refractivity contribution in [1.82, 2.24) is 0 Å². The second-order valence-electron chi connectivity index (χ2n) is 3.20. The van der Waals surface area contributed by atoms with E-state index in [0.717, 1.165) is 0 Å². The van der Waals surface area contributed by atoms with E-state index in [1.807, 2.05) is 0 Å². The van der Waals surface area contributed by atoms with E-state index in [2.05, 4.69) is 11.8 Å². The van der Waals surface area contributed by atoms with Gasteiger partial charge in [0.15, 0.2) is 5.78 Å². The predicted octanol–water partition coefficient (Wildman–Crippen LogP) is 1.26. The molecule has 16 heavy (non-hydrogen) atoms. The fourth-order valence-electron chi connectivity index (χ4n) is 1.11. The van der Waals surface area contributed by atoms with Crippen molar-refractivity contribution in [2.45, 2.75) is 13.3 Å². The Labute approximate surface area is 92.4 Å². The van der Waals surface area contributed by atoms with E-state index in [4.69, 9.17) is 5.73 Å². The van der Waals surface area contributed by atoms with Crippen LogP contribution < -0.4 is 5.73 Å². The van der Waals surface area contributed by atoms with Crippen LogP contribution in [0, 0.1) is 17.7 Å². The first-order valence-corrected chi connectivity index (χ1v) is 4.58. The number of carbonyl (C=O) groups is 2. The van der Waals surface area contributed by atoms with Crippen LogP contribution in [0.4, 0.5) is 4.39 Å². The van der Waals surface area contributed by atoms with Crippen molar-refractivity contribution in [2.75, 3.05) is 0 Å². The number of ketones is 1. The summed E-state index contributed by atoms with van der Waals surface area (Å²) >= 11 is 0. The molecule has 0 spiro atoms. The first-order chi connectivity index (χ1) is 7.50. The Balaban J connectivity index is 2.98. The summed E-state index contributed by atoms with van der Waals surface area (Å²) in [6.45, 7) is 1.28. The monoisotopic (exact) mass is 219 g/mol. The largest absolute Gasteiger partial charge is 0.369 e. The third-order valence-corrected chi connectivity index (χ3v) is 1.84. The molecule has 0 heterocycles. The van der Waals surface area contributed by atoms with Gasteiger partial charge in [0.2, 0.25) is 5.91 Å². The number of rotatable bonds is 2. The van der Waals surface area contributed by atoms with Gasteiger partial charge in [-0.1, -0.05) is 11.8 Å². The maximum absolute atomic E-state index is 13.1. The minimum Gasteiger partial charge on any atom is -0.369 e. The molecule has 0 saturated carbocycles. The maximum atomic E-state index is 13.1. The van der Waals surface area contributed by atoms with E-state index >= 15 is 0 Å². The van der Waals surface area contributed by atoms with Gasteiger partial charge in [0.1, 0.15) is 5.82 Å². The third-order valence-electron chi connectivity index (χ3n) is 1.84. The molecule has 0 bridgehead atoms. The summed E-state index contributed by atoms with van der Waals surface area (Å²) in [5.41, 5.74) is 5.37. The topological polar surface area (TPSA) is 60.2 Å². The number of primary amides is 1. The summed E-state index contributed by atoms with van der Waals surface area (Å²) in [7, 11) is 0. The van der Waals surface area contributed by atoms with Crippen LogP contribution in [0.3, 0.4) is 0 Å². The van der Waals surface area contributed by atoms with Gasteiger partial charge in [-0.2, -0.15) is 0 Å². The van der Waals surface area contributed by atoms with E-state index < -0.39 is 11.7 Å². The van der Waals surface area contributed by atoms with Crippen LogP contribution in [0.15, 0.2) is 18.2 Å². The molecule has 0 saturated heterocycles. The fourth-order valence-corrected chi connectivity index (χ4v) is 1.11. The number of nitrogens with two attached hydrogens (primary N) is 1. The van der Waals surface area contributed by atoms with Crippen molar-refractivity contribution in [1.29, 1.82) is 0 Å². The van der Waals surface area contributed by atoms with Crippen LogP contribution in [0.2, 0.25) is 0 Å². The molecule has 2 N–H and O–H groups in total. The van der Waals surface area contributed by atoms with Gasteiger partial charge in [-0.05, 0) is 25.1 Å². The standard InChI is InChI=1S/C12H10FNO2/c1-8(15)10-7-9(5-6-11(10)13)3-2-4-12(14)16/h5-7H,4H2,1H3,(H2,14,16). The van der Waals surface area contributed by atoms with Gasteiger partial charge in [0, 0.05) is 5.56 Å². The summed E-state index contributed by atoms with van der Waals surface area (Å²) in [6.07, 6.45) is -0.0627. The Bertz CT molecular complexity index is 497. The molecule has 1 aromatic carbocycles. The highest BCUT2D eigenvalue weighted by Gasteiger charge is 2.06. The summed E-state index contributed by atoms with van der Waals surface area (Å²) in [5.74, 6) is 3.69. The lowest BCUT2D eigenvalue weighted by Crippen LogP contribution is -2.08. The van der Waals surface area contributed by atoms with Crippen LogP contribution in [-0.2, 0) is 4.79 Å². The van der Waals surface area contributed by atoms with Gasteiger partial charge in [0.05, 0.1) is 12.0 Å². The molecule has 1 rings (SSSR count). The summed E-state index contributed by atoms with van der Waals surface area (Å²) in [4.78, 5) is 21.5. The highest BCUT2D eigenvalue weighted by molar-refractivity contribution is 5.94. The zero-order valence-electron chi connectivity index (χ0n) is 8.71. The van der Waals surface area contributed by atoms with Crippen molar-refractivity contribution < 1.29 is 14.0 Å². The molecule has 4 heteroatoms. The molecular formula is C12H10FNO2. The van der Waals surface area contributed by atoms with E-state index in [9.17, 15) is 14.0 Å². The van der Waals surface area contributed by atoms with Crippen LogP contribution in [0.1, 0.15) is 29.3 Å². The first-order valence-electron chi connectivity index (χ1n) is 4.58. The number of hydrogen-bond acceptors (Lipinski definition) is 2. The van der Waals surface area contributed by atoms with Gasteiger partial charge < -0.3 is 5.73 Å². The maximum Gasteiger partial charge on any atom is 0.229 e. The average Bonchev–Trinajstić information content (AvgIpc) is 2.19. The molecule has 0 radical (unpaired) electrons. The fraction of sp³-hybridized carbons (Fsp3) is 0.167. The molecule has 0 aliphatic heterocycles. The van der Waals surface area contributed by atoms with Crippen molar-refractivity contribution in [2.24, 2.45) is 5.73 Å². The number of hydrogen-bond donors (Lipinski definition) is 1. The van der Waals surface area contributed by atoms with Crippen LogP contribution in [0.5, 0.6) is 0 Å². The minimum atomic E-state index is -0.576. The van der Waals surface area contributed by atoms with E-state index in [1.165, 1.54) is 25.1 Å². The molecule has 0 unspecified atom stereocenters. The van der Waals surface area contributed by atoms with Gasteiger partial charge in [-0.25, -0.2) is 4.39 Å². The van der Waals surface area contributed by atoms with Crippen LogP contribution in [-0.4, -0.2) is 11.7 Å². The second kappa shape index (κ2) is 5.08. The summed E-state index contributed by atoms with van der Waals surface area (Å²) in [6, 6.07) is 3.96. The molecule has 0 aliphatic carbocycles. The number of carbonyl (C=O) groups excluding carboxylic acids is 2. The molecule has 0 aromatic heterocycles. The van der Waals surface area contributed by atoms with Crippen LogP contribution in [0.25, 0.3) is 0 Å². The minimum absolute atomic E-state index is 0.00845. The van der Waals surface area contributed by atoms with Crippen molar-refractivity contribution >= 4 is 11.7 Å². The zero-order valence-corrected chi connectivity index (χ0v) is 8.71. The Hall–Kier alpha value is -2.15. The Morgan fingerprint density at radius 2 is 2.12 bits per heavy atom. The highest BCUT2D eigenvalue weighted by Crippen LogP contribution is 2.10. The quantitative estimate of drug-likeness (QED) is 0.601. The lowest BCUT2D eigenvalue weighted by Gasteiger charge is -1.98. The normalized spacial score (nSPS) is 9.12. The lowest BCUT2D eigenvalue weighted by atomic mass is 10.1. The molecule has 1 amide bonds. The number of benzene rings is 1. The number of Topliss-reactive ketones (excluding diaryl/α,β-unsaturated/α-hetero) is 1. The molecular weight excluding hydrogens is 209 g/mol. The average molecular weight is 219 g/mol. The van der Waals surface area contributed by atoms with E-state index in [-0.39, 0.29) is 17.8 Å². The van der Waals surface area contributed by atoms with Gasteiger partial charge in [0.25, 0.3) is 0 Å². The molecule has 0 fully saturated rings. The van der Waals surface area contributed by atoms with E-state index in [0.29, 0.717) is 5.56 Å². The van der Waals surface area contributed by atoms with Gasteiger partial charge in [-0.3, -0.25) is 9.59 Å². The molecule has 3 nitrogen and oxygen atoms in total. The summed E-state index contributed by atoms with van der Waals surface area (Å²) in [5, 5.41) is 0. The Kier molecular flexibility index (Phi) is 3.78. The number of amides is 1. The lowest BCUT2D eigenvalue weighted by molar-refractivity contribution is -0.117. The van der Waals surface area contributed by atoms with Gasteiger partial charge in [-0.15, -0.1) is 0 Å². The predicted molar refractivity (Wildman–Crippen MR) is 57.1 cm³/mol. The van der Waals surface area contributed by atoms with Crippen molar-refractivity contribution in [3.05, 3.63) is 35.1 Å². The first kappa shape index (κ1) is 11.9. The molecule has 0 aliphatic rings. The van der Waals surface area contributed by atoms with E-state index in [1.54, 1.807) is 0 Å². The van der Waals surface area contributed by atoms with Crippen molar-refractivity contribution in [3.8, 4) is 11.8 Å².